The number of carbonyl (C=O) groups excluding carboxylic acids is 1. The number of nitrogens with zero attached hydrogens (tertiary/aromatic N) is 3. The monoisotopic (exact) mass is 397 g/mol. The summed E-state index contributed by atoms with van der Waals surface area (Å²) >= 11 is 0. The van der Waals surface area contributed by atoms with Crippen LogP contribution in [0.15, 0.2) is 40.2 Å². The Kier molecular flexibility index (Phi) is 6.39. The van der Waals surface area contributed by atoms with E-state index in [1.54, 1.807) is 0 Å². The highest BCUT2D eigenvalue weighted by atomic mass is 19.4. The summed E-state index contributed by atoms with van der Waals surface area (Å²) in [4.78, 5) is 39.0. The number of hydrogen-bond donors (Lipinski definition) is 2. The molecule has 0 fully saturated rings. The molecule has 0 bridgehead atoms. The van der Waals surface area contributed by atoms with Crippen molar-refractivity contribution in [2.45, 2.75) is 6.18 Å². The topological polar surface area (TPSA) is 98.0 Å². The average Bonchev–Trinajstić information content (AvgIpc) is 2.65. The number of halogens is 3. The van der Waals surface area contributed by atoms with Crippen LogP contribution in [0.3, 0.4) is 0 Å². The van der Waals surface area contributed by atoms with Gasteiger partial charge in [-0.2, -0.15) is 13.2 Å². The van der Waals surface area contributed by atoms with Gasteiger partial charge >= 0.3 is 11.9 Å². The molecular formula is C17H18F3N5O3. The van der Waals surface area contributed by atoms with Crippen molar-refractivity contribution in [2.75, 3.05) is 18.4 Å². The van der Waals surface area contributed by atoms with Gasteiger partial charge in [-0.15, -0.1) is 0 Å². The molecule has 0 saturated heterocycles. The van der Waals surface area contributed by atoms with Crippen LogP contribution in [-0.4, -0.2) is 33.1 Å². The number of nitrogens with one attached hydrogen (secondary N) is 2. The quantitative estimate of drug-likeness (QED) is 0.554. The van der Waals surface area contributed by atoms with E-state index in [2.05, 4.69) is 15.6 Å². The molecule has 0 aromatic carbocycles. The lowest BCUT2D eigenvalue weighted by atomic mass is 10.3. The minimum Gasteiger partial charge on any atom is -0.368 e. The Labute approximate surface area is 157 Å². The minimum absolute atomic E-state index is 0.173. The fourth-order valence-electron chi connectivity index (χ4n) is 2.22. The van der Waals surface area contributed by atoms with Gasteiger partial charge in [-0.25, -0.2) is 9.78 Å². The third-order valence-electron chi connectivity index (χ3n) is 3.71. The Morgan fingerprint density at radius 3 is 2.54 bits per heavy atom. The predicted molar refractivity (Wildman–Crippen MR) is 96.7 cm³/mol. The Balaban J connectivity index is 1.84. The molecular weight excluding hydrogens is 379 g/mol. The molecule has 0 spiro atoms. The average molecular weight is 397 g/mol. The van der Waals surface area contributed by atoms with Gasteiger partial charge in [0.25, 0.3) is 5.56 Å². The van der Waals surface area contributed by atoms with E-state index >= 15 is 0 Å². The second-order valence-electron chi connectivity index (χ2n) is 5.82. The summed E-state index contributed by atoms with van der Waals surface area (Å²) in [6, 6.07) is 2.10. The second kappa shape index (κ2) is 8.55. The number of anilines is 1. The highest BCUT2D eigenvalue weighted by molar-refractivity contribution is 5.91. The van der Waals surface area contributed by atoms with Crippen molar-refractivity contribution in [3.05, 3.63) is 62.6 Å². The van der Waals surface area contributed by atoms with Crippen LogP contribution in [0, 0.1) is 0 Å². The summed E-state index contributed by atoms with van der Waals surface area (Å²) in [6.07, 6.45) is 0.0427. The Hall–Kier alpha value is -3.37. The summed E-state index contributed by atoms with van der Waals surface area (Å²) in [5, 5.41) is 5.32. The van der Waals surface area contributed by atoms with Gasteiger partial charge < -0.3 is 15.2 Å². The van der Waals surface area contributed by atoms with Gasteiger partial charge in [0.1, 0.15) is 5.82 Å². The number of carbonyl (C=O) groups is 1. The van der Waals surface area contributed by atoms with E-state index in [-0.39, 0.29) is 24.5 Å². The lowest BCUT2D eigenvalue weighted by Gasteiger charge is -2.08. The molecule has 0 unspecified atom stereocenters. The van der Waals surface area contributed by atoms with E-state index in [1.165, 1.54) is 37.0 Å². The van der Waals surface area contributed by atoms with Gasteiger partial charge in [0.05, 0.1) is 11.1 Å². The molecule has 2 aromatic heterocycles. The summed E-state index contributed by atoms with van der Waals surface area (Å²) in [6.45, 7) is 0.413. The predicted octanol–water partition coefficient (Wildman–Crippen LogP) is 0.739. The van der Waals surface area contributed by atoms with Gasteiger partial charge in [0.2, 0.25) is 5.91 Å². The first kappa shape index (κ1) is 20.9. The van der Waals surface area contributed by atoms with Crippen LogP contribution in [0.1, 0.15) is 11.1 Å². The molecule has 0 aliphatic rings. The molecule has 0 aliphatic carbocycles. The maximum absolute atomic E-state index is 12.4. The first-order valence-electron chi connectivity index (χ1n) is 8.09. The number of alkyl halides is 3. The summed E-state index contributed by atoms with van der Waals surface area (Å²) in [5.74, 6) is -0.232. The number of aryl methyl sites for hydroxylation is 1. The first-order valence-corrected chi connectivity index (χ1v) is 8.09. The van der Waals surface area contributed by atoms with Crippen molar-refractivity contribution in [2.24, 2.45) is 14.1 Å². The van der Waals surface area contributed by atoms with E-state index in [0.717, 1.165) is 22.9 Å². The van der Waals surface area contributed by atoms with Crippen molar-refractivity contribution in [1.29, 1.82) is 0 Å². The summed E-state index contributed by atoms with van der Waals surface area (Å²) in [7, 11) is 2.82. The number of pyridine rings is 1. The van der Waals surface area contributed by atoms with Crippen molar-refractivity contribution >= 4 is 17.8 Å². The van der Waals surface area contributed by atoms with E-state index < -0.39 is 28.9 Å². The zero-order valence-corrected chi connectivity index (χ0v) is 15.1. The number of aromatic nitrogens is 3. The lowest BCUT2D eigenvalue weighted by Crippen LogP contribution is -2.37. The third kappa shape index (κ3) is 5.32. The largest absolute Gasteiger partial charge is 0.417 e. The summed E-state index contributed by atoms with van der Waals surface area (Å²) < 4.78 is 39.5. The zero-order valence-electron chi connectivity index (χ0n) is 15.1. The van der Waals surface area contributed by atoms with Crippen molar-refractivity contribution in [1.82, 2.24) is 19.4 Å². The molecule has 0 saturated carbocycles. The van der Waals surface area contributed by atoms with Crippen LogP contribution in [0.25, 0.3) is 6.08 Å². The molecule has 0 radical (unpaired) electrons. The molecule has 0 atom stereocenters. The number of amides is 1. The van der Waals surface area contributed by atoms with Crippen LogP contribution in [0.5, 0.6) is 0 Å². The minimum atomic E-state index is -4.45. The highest BCUT2D eigenvalue weighted by Gasteiger charge is 2.30. The van der Waals surface area contributed by atoms with Crippen molar-refractivity contribution in [3.8, 4) is 0 Å². The molecule has 150 valence electrons. The molecule has 28 heavy (non-hydrogen) atoms. The second-order valence-corrected chi connectivity index (χ2v) is 5.82. The van der Waals surface area contributed by atoms with Gasteiger partial charge in [-0.3, -0.25) is 14.2 Å². The fourth-order valence-corrected chi connectivity index (χ4v) is 2.22. The smallest absolute Gasteiger partial charge is 0.368 e. The van der Waals surface area contributed by atoms with Crippen LogP contribution in [0.2, 0.25) is 0 Å². The Morgan fingerprint density at radius 2 is 1.93 bits per heavy atom. The third-order valence-corrected chi connectivity index (χ3v) is 3.71. The Morgan fingerprint density at radius 1 is 1.21 bits per heavy atom. The SMILES string of the molecule is Cn1cc(/C=C/C(=O)NCCNc2ccc(C(F)(F)F)cn2)c(=O)n(C)c1=O. The zero-order chi connectivity index (χ0) is 20.9. The summed E-state index contributed by atoms with van der Waals surface area (Å²) in [5.41, 5.74) is -1.68. The standard InChI is InChI=1S/C17H18F3N5O3/c1-24-10-11(15(27)25(2)16(24)28)3-6-14(26)22-8-7-21-13-5-4-12(9-23-13)17(18,19)20/h3-6,9-10H,7-8H2,1-2H3,(H,21,23)(H,22,26)/b6-3+. The number of hydrogen-bond acceptors (Lipinski definition) is 5. The fraction of sp³-hybridized carbons (Fsp3) is 0.294. The van der Waals surface area contributed by atoms with Crippen molar-refractivity contribution in [3.63, 3.8) is 0 Å². The van der Waals surface area contributed by atoms with Gasteiger partial charge in [0.15, 0.2) is 0 Å². The van der Waals surface area contributed by atoms with Crippen molar-refractivity contribution < 1.29 is 18.0 Å². The van der Waals surface area contributed by atoms with Gasteiger partial charge in [0, 0.05) is 45.7 Å². The molecule has 8 nitrogen and oxygen atoms in total. The van der Waals surface area contributed by atoms with E-state index in [0.29, 0.717) is 0 Å². The number of rotatable bonds is 6. The van der Waals surface area contributed by atoms with Crippen LogP contribution >= 0.6 is 0 Å². The van der Waals surface area contributed by atoms with Gasteiger partial charge in [-0.05, 0) is 18.2 Å². The van der Waals surface area contributed by atoms with E-state index in [4.69, 9.17) is 0 Å². The molecule has 0 aliphatic heterocycles. The Bertz CT molecular complexity index is 991. The molecule has 2 rings (SSSR count). The maximum atomic E-state index is 12.4. The molecule has 11 heteroatoms. The molecule has 1 amide bonds. The lowest BCUT2D eigenvalue weighted by molar-refractivity contribution is -0.137. The van der Waals surface area contributed by atoms with E-state index in [9.17, 15) is 27.6 Å². The normalized spacial score (nSPS) is 11.6. The van der Waals surface area contributed by atoms with Crippen LogP contribution in [-0.2, 0) is 25.1 Å². The molecule has 2 N–H and O–H groups in total. The molecule has 2 heterocycles. The van der Waals surface area contributed by atoms with Crippen LogP contribution in [0.4, 0.5) is 19.0 Å². The molecule has 2 aromatic rings. The van der Waals surface area contributed by atoms with Crippen LogP contribution < -0.4 is 21.9 Å². The first-order chi connectivity index (χ1) is 13.1. The van der Waals surface area contributed by atoms with E-state index in [1.807, 2.05) is 0 Å². The maximum Gasteiger partial charge on any atom is 0.417 e. The highest BCUT2D eigenvalue weighted by Crippen LogP contribution is 2.28. The van der Waals surface area contributed by atoms with Gasteiger partial charge in [-0.1, -0.05) is 0 Å².